The summed E-state index contributed by atoms with van der Waals surface area (Å²) in [5.74, 6) is -0.118. The molecule has 1 nitrogen and oxygen atoms in total. The SMILES string of the molecule is CC(c1ccc2ncccc2c1)c1ccccc1F. The molecule has 1 heterocycles. The molecule has 0 fully saturated rings. The summed E-state index contributed by atoms with van der Waals surface area (Å²) in [6, 6.07) is 17.0. The van der Waals surface area contributed by atoms with E-state index in [1.807, 2.05) is 43.3 Å². The van der Waals surface area contributed by atoms with Gasteiger partial charge < -0.3 is 0 Å². The van der Waals surface area contributed by atoms with Gasteiger partial charge in [-0.15, -0.1) is 0 Å². The van der Waals surface area contributed by atoms with Crippen LogP contribution in [0.2, 0.25) is 0 Å². The quantitative estimate of drug-likeness (QED) is 0.652. The summed E-state index contributed by atoms with van der Waals surface area (Å²) in [5.41, 5.74) is 2.79. The Morgan fingerprint density at radius 1 is 1.00 bits per heavy atom. The van der Waals surface area contributed by atoms with Gasteiger partial charge in [-0.3, -0.25) is 4.98 Å². The standard InChI is InChI=1S/C17H14FN/c1-12(15-6-2-3-7-16(15)18)13-8-9-17-14(11-13)5-4-10-19-17/h2-12H,1H3. The first-order chi connectivity index (χ1) is 9.25. The normalized spacial score (nSPS) is 12.5. The van der Waals surface area contributed by atoms with Crippen LogP contribution in [-0.2, 0) is 0 Å². The molecule has 0 aliphatic heterocycles. The minimum absolute atomic E-state index is 0.0332. The number of rotatable bonds is 2. The van der Waals surface area contributed by atoms with Crippen molar-refractivity contribution in [3.05, 3.63) is 77.7 Å². The Kier molecular flexibility index (Phi) is 3.00. The summed E-state index contributed by atoms with van der Waals surface area (Å²) in [5, 5.41) is 1.09. The molecule has 0 saturated heterocycles. The van der Waals surface area contributed by atoms with Crippen LogP contribution in [0.3, 0.4) is 0 Å². The van der Waals surface area contributed by atoms with Crippen molar-refractivity contribution in [3.8, 4) is 0 Å². The number of benzene rings is 2. The average molecular weight is 251 g/mol. The van der Waals surface area contributed by atoms with Crippen LogP contribution >= 0.6 is 0 Å². The molecule has 0 aliphatic carbocycles. The molecular weight excluding hydrogens is 237 g/mol. The third-order valence-corrected chi connectivity index (χ3v) is 3.50. The van der Waals surface area contributed by atoms with E-state index in [0.717, 1.165) is 22.0 Å². The highest BCUT2D eigenvalue weighted by atomic mass is 19.1. The van der Waals surface area contributed by atoms with Crippen LogP contribution in [0.15, 0.2) is 60.8 Å². The highest BCUT2D eigenvalue weighted by Crippen LogP contribution is 2.28. The van der Waals surface area contributed by atoms with Crippen LogP contribution < -0.4 is 0 Å². The van der Waals surface area contributed by atoms with Crippen LogP contribution in [0.25, 0.3) is 10.9 Å². The van der Waals surface area contributed by atoms with Crippen molar-refractivity contribution in [2.24, 2.45) is 0 Å². The van der Waals surface area contributed by atoms with Gasteiger partial charge in [-0.05, 0) is 35.4 Å². The van der Waals surface area contributed by atoms with Crippen LogP contribution in [-0.4, -0.2) is 4.98 Å². The third-order valence-electron chi connectivity index (χ3n) is 3.50. The van der Waals surface area contributed by atoms with Crippen LogP contribution in [0.1, 0.15) is 24.0 Å². The van der Waals surface area contributed by atoms with Gasteiger partial charge in [-0.1, -0.05) is 37.3 Å². The summed E-state index contributed by atoms with van der Waals surface area (Å²) >= 11 is 0. The number of hydrogen-bond donors (Lipinski definition) is 0. The maximum atomic E-state index is 13.8. The van der Waals surface area contributed by atoms with Crippen molar-refractivity contribution in [1.82, 2.24) is 4.98 Å². The molecule has 0 aliphatic rings. The Bertz CT molecular complexity index is 721. The highest BCUT2D eigenvalue weighted by Gasteiger charge is 2.12. The van der Waals surface area contributed by atoms with E-state index in [1.165, 1.54) is 6.07 Å². The first-order valence-electron chi connectivity index (χ1n) is 6.35. The molecule has 0 spiro atoms. The Labute approximate surface area is 111 Å². The molecule has 0 bridgehead atoms. The predicted octanol–water partition coefficient (Wildman–Crippen LogP) is 4.53. The second-order valence-electron chi connectivity index (χ2n) is 4.70. The molecular formula is C17H14FN. The maximum absolute atomic E-state index is 13.8. The first kappa shape index (κ1) is 11.8. The van der Waals surface area contributed by atoms with Crippen molar-refractivity contribution in [2.75, 3.05) is 0 Å². The van der Waals surface area contributed by atoms with Crippen LogP contribution in [0, 0.1) is 5.82 Å². The molecule has 0 N–H and O–H groups in total. The summed E-state index contributed by atoms with van der Waals surface area (Å²) in [6.45, 7) is 2.02. The molecule has 1 unspecified atom stereocenters. The lowest BCUT2D eigenvalue weighted by Crippen LogP contribution is -1.99. The van der Waals surface area contributed by atoms with Gasteiger partial charge in [0.2, 0.25) is 0 Å². The lowest BCUT2D eigenvalue weighted by atomic mass is 9.92. The van der Waals surface area contributed by atoms with Crippen molar-refractivity contribution < 1.29 is 4.39 Å². The molecule has 0 radical (unpaired) electrons. The van der Waals surface area contributed by atoms with Crippen molar-refractivity contribution in [1.29, 1.82) is 0 Å². The molecule has 3 aromatic rings. The van der Waals surface area contributed by atoms with Gasteiger partial charge in [0.05, 0.1) is 5.52 Å². The molecule has 1 aromatic heterocycles. The Morgan fingerprint density at radius 2 is 1.84 bits per heavy atom. The number of hydrogen-bond acceptors (Lipinski definition) is 1. The van der Waals surface area contributed by atoms with Crippen molar-refractivity contribution in [2.45, 2.75) is 12.8 Å². The summed E-state index contributed by atoms with van der Waals surface area (Å²) in [4.78, 5) is 4.30. The smallest absolute Gasteiger partial charge is 0.127 e. The Morgan fingerprint density at radius 3 is 2.68 bits per heavy atom. The van der Waals surface area contributed by atoms with E-state index < -0.39 is 0 Å². The van der Waals surface area contributed by atoms with Crippen molar-refractivity contribution in [3.63, 3.8) is 0 Å². The highest BCUT2D eigenvalue weighted by molar-refractivity contribution is 5.79. The fraction of sp³-hybridized carbons (Fsp3) is 0.118. The molecule has 3 rings (SSSR count). The summed E-state index contributed by atoms with van der Waals surface area (Å²) < 4.78 is 13.8. The number of halogens is 1. The molecule has 2 heteroatoms. The molecule has 19 heavy (non-hydrogen) atoms. The Hall–Kier alpha value is -2.22. The molecule has 0 amide bonds. The number of nitrogens with zero attached hydrogens (tertiary/aromatic N) is 1. The maximum Gasteiger partial charge on any atom is 0.127 e. The lowest BCUT2D eigenvalue weighted by Gasteiger charge is -2.14. The van der Waals surface area contributed by atoms with E-state index in [9.17, 15) is 4.39 Å². The monoisotopic (exact) mass is 251 g/mol. The summed E-state index contributed by atoms with van der Waals surface area (Å²) in [6.07, 6.45) is 1.78. The van der Waals surface area contributed by atoms with E-state index in [2.05, 4.69) is 11.1 Å². The second-order valence-corrected chi connectivity index (χ2v) is 4.70. The minimum Gasteiger partial charge on any atom is -0.256 e. The van der Waals surface area contributed by atoms with Gasteiger partial charge in [0.25, 0.3) is 0 Å². The third kappa shape index (κ3) is 2.22. The number of pyridine rings is 1. The average Bonchev–Trinajstić information content (AvgIpc) is 2.46. The van der Waals surface area contributed by atoms with Gasteiger partial charge >= 0.3 is 0 Å². The van der Waals surface area contributed by atoms with Gasteiger partial charge in [0.1, 0.15) is 5.82 Å². The van der Waals surface area contributed by atoms with E-state index in [4.69, 9.17) is 0 Å². The van der Waals surface area contributed by atoms with Gasteiger partial charge in [0.15, 0.2) is 0 Å². The van der Waals surface area contributed by atoms with E-state index in [-0.39, 0.29) is 11.7 Å². The van der Waals surface area contributed by atoms with E-state index in [0.29, 0.717) is 0 Å². The number of aromatic nitrogens is 1. The largest absolute Gasteiger partial charge is 0.256 e. The van der Waals surface area contributed by atoms with Gasteiger partial charge in [-0.25, -0.2) is 4.39 Å². The van der Waals surface area contributed by atoms with E-state index >= 15 is 0 Å². The fourth-order valence-electron chi connectivity index (χ4n) is 2.37. The zero-order valence-corrected chi connectivity index (χ0v) is 10.7. The Balaban J connectivity index is 2.07. The van der Waals surface area contributed by atoms with Gasteiger partial charge in [0, 0.05) is 17.5 Å². The molecule has 2 aromatic carbocycles. The topological polar surface area (TPSA) is 12.9 Å². The minimum atomic E-state index is -0.152. The van der Waals surface area contributed by atoms with Crippen LogP contribution in [0.5, 0.6) is 0 Å². The van der Waals surface area contributed by atoms with Crippen LogP contribution in [0.4, 0.5) is 4.39 Å². The van der Waals surface area contributed by atoms with Gasteiger partial charge in [-0.2, -0.15) is 0 Å². The predicted molar refractivity (Wildman–Crippen MR) is 75.7 cm³/mol. The zero-order chi connectivity index (χ0) is 13.2. The molecule has 94 valence electrons. The summed E-state index contributed by atoms with van der Waals surface area (Å²) in [7, 11) is 0. The van der Waals surface area contributed by atoms with Crippen molar-refractivity contribution >= 4 is 10.9 Å². The lowest BCUT2D eigenvalue weighted by molar-refractivity contribution is 0.603. The second kappa shape index (κ2) is 4.81. The molecule has 1 atom stereocenters. The first-order valence-corrected chi connectivity index (χ1v) is 6.35. The molecule has 0 saturated carbocycles. The zero-order valence-electron chi connectivity index (χ0n) is 10.7. The number of fused-ring (bicyclic) bond motifs is 1. The fourth-order valence-corrected chi connectivity index (χ4v) is 2.37. The van der Waals surface area contributed by atoms with E-state index in [1.54, 1.807) is 12.3 Å².